The monoisotopic (exact) mass is 1050 g/mol. The summed E-state index contributed by atoms with van der Waals surface area (Å²) in [5.74, 6) is -0.824. The molecule has 0 aromatic carbocycles. The second kappa shape index (κ2) is 63.9. The zero-order chi connectivity index (χ0) is 53.6. The highest BCUT2D eigenvalue weighted by Gasteiger charge is 2.19. The van der Waals surface area contributed by atoms with E-state index in [9.17, 15) is 14.4 Å². The highest BCUT2D eigenvalue weighted by atomic mass is 16.6. The fraction of sp³-hybridized carbons (Fsp3) is 0.956. The molecule has 0 fully saturated rings. The third kappa shape index (κ3) is 61.3. The molecule has 0 saturated carbocycles. The van der Waals surface area contributed by atoms with E-state index in [0.717, 1.165) is 57.8 Å². The molecule has 0 radical (unpaired) electrons. The first-order valence-corrected chi connectivity index (χ1v) is 34.0. The SMILES string of the molecule is CCCCCCCCCCCCCCCCCCCCCCCCCCCCCC(=O)OCC(COC(=O)CCCCCCCCCCCCCCCC)OC(=O)CCCCCCCCCCCCCCCCC. The van der Waals surface area contributed by atoms with E-state index in [0.29, 0.717) is 19.3 Å². The van der Waals surface area contributed by atoms with E-state index < -0.39 is 6.10 Å². The number of hydrogen-bond donors (Lipinski definition) is 0. The Kier molecular flexibility index (Phi) is 62.6. The summed E-state index contributed by atoms with van der Waals surface area (Å²) in [6, 6.07) is 0. The van der Waals surface area contributed by atoms with Crippen LogP contribution in [-0.4, -0.2) is 37.2 Å². The molecule has 0 heterocycles. The van der Waals surface area contributed by atoms with Gasteiger partial charge < -0.3 is 14.2 Å². The Morgan fingerprint density at radius 2 is 0.365 bits per heavy atom. The summed E-state index contributed by atoms with van der Waals surface area (Å²) in [5.41, 5.74) is 0. The Morgan fingerprint density at radius 3 is 0.541 bits per heavy atom. The molecule has 0 aliphatic heterocycles. The third-order valence-electron chi connectivity index (χ3n) is 15.9. The van der Waals surface area contributed by atoms with Crippen LogP contribution in [0.25, 0.3) is 0 Å². The number of hydrogen-bond acceptors (Lipinski definition) is 6. The Labute approximate surface area is 463 Å². The van der Waals surface area contributed by atoms with Gasteiger partial charge in [0.2, 0.25) is 0 Å². The molecule has 0 bridgehead atoms. The second-order valence-corrected chi connectivity index (χ2v) is 23.5. The first kappa shape index (κ1) is 72.4. The number of esters is 3. The van der Waals surface area contributed by atoms with Crippen LogP contribution in [0.3, 0.4) is 0 Å². The Morgan fingerprint density at radius 1 is 0.216 bits per heavy atom. The summed E-state index contributed by atoms with van der Waals surface area (Å²) in [6.45, 7) is 6.73. The van der Waals surface area contributed by atoms with Gasteiger partial charge in [0.15, 0.2) is 6.10 Å². The van der Waals surface area contributed by atoms with E-state index in [-0.39, 0.29) is 31.1 Å². The molecular formula is C68H132O6. The molecule has 0 rings (SSSR count). The standard InChI is InChI=1S/C68H132O6/c1-4-7-10-13-16-19-22-25-28-29-30-31-32-33-34-35-36-37-38-39-41-43-46-49-52-55-58-61-67(70)73-64-65(63-72-66(69)60-57-54-51-48-45-42-27-24-21-18-15-12-9-6-3)74-68(71)62-59-56-53-50-47-44-40-26-23-20-17-14-11-8-5-2/h65H,4-64H2,1-3H3. The van der Waals surface area contributed by atoms with Crippen LogP contribution >= 0.6 is 0 Å². The Hall–Kier alpha value is -1.59. The summed E-state index contributed by atoms with van der Waals surface area (Å²) in [4.78, 5) is 38.3. The lowest BCUT2D eigenvalue weighted by molar-refractivity contribution is -0.167. The maximum atomic E-state index is 12.9. The van der Waals surface area contributed by atoms with Crippen LogP contribution in [0.4, 0.5) is 0 Å². The third-order valence-corrected chi connectivity index (χ3v) is 15.9. The normalized spacial score (nSPS) is 11.9. The van der Waals surface area contributed by atoms with E-state index in [1.807, 2.05) is 0 Å². The van der Waals surface area contributed by atoms with Crippen molar-refractivity contribution in [2.24, 2.45) is 0 Å². The van der Waals surface area contributed by atoms with Gasteiger partial charge in [0.05, 0.1) is 0 Å². The predicted molar refractivity (Wildman–Crippen MR) is 321 cm³/mol. The summed E-state index contributed by atoms with van der Waals surface area (Å²) >= 11 is 0. The first-order valence-electron chi connectivity index (χ1n) is 34.0. The number of ether oxygens (including phenoxy) is 3. The van der Waals surface area contributed by atoms with Gasteiger partial charge >= 0.3 is 17.9 Å². The van der Waals surface area contributed by atoms with Crippen LogP contribution in [0.5, 0.6) is 0 Å². The van der Waals surface area contributed by atoms with Crippen molar-refractivity contribution >= 4 is 17.9 Å². The number of carbonyl (C=O) groups is 3. The van der Waals surface area contributed by atoms with Crippen molar-refractivity contribution in [1.82, 2.24) is 0 Å². The number of carbonyl (C=O) groups excluding carboxylic acids is 3. The summed E-state index contributed by atoms with van der Waals surface area (Å²) in [6.07, 6.45) is 74.1. The Bertz CT molecular complexity index is 1110. The molecule has 0 aliphatic rings. The van der Waals surface area contributed by atoms with Gasteiger partial charge in [-0.2, -0.15) is 0 Å². The summed E-state index contributed by atoms with van der Waals surface area (Å²) in [5, 5.41) is 0. The van der Waals surface area contributed by atoms with Crippen LogP contribution in [0, 0.1) is 0 Å². The van der Waals surface area contributed by atoms with Gasteiger partial charge in [0.25, 0.3) is 0 Å². The van der Waals surface area contributed by atoms with Gasteiger partial charge in [0.1, 0.15) is 13.2 Å². The van der Waals surface area contributed by atoms with E-state index in [2.05, 4.69) is 20.8 Å². The second-order valence-electron chi connectivity index (χ2n) is 23.5. The lowest BCUT2D eigenvalue weighted by Crippen LogP contribution is -2.30. The largest absolute Gasteiger partial charge is 0.462 e. The van der Waals surface area contributed by atoms with E-state index in [1.165, 1.54) is 302 Å². The minimum absolute atomic E-state index is 0.0604. The molecule has 1 atom stereocenters. The van der Waals surface area contributed by atoms with E-state index in [4.69, 9.17) is 14.2 Å². The minimum Gasteiger partial charge on any atom is -0.462 e. The van der Waals surface area contributed by atoms with Gasteiger partial charge in [-0.3, -0.25) is 14.4 Å². The molecule has 1 unspecified atom stereocenters. The fourth-order valence-corrected chi connectivity index (χ4v) is 10.7. The predicted octanol–water partition coefficient (Wildman–Crippen LogP) is 23.1. The van der Waals surface area contributed by atoms with Crippen LogP contribution in [0.2, 0.25) is 0 Å². The smallest absolute Gasteiger partial charge is 0.306 e. The molecule has 0 aromatic heterocycles. The molecule has 0 N–H and O–H groups in total. The van der Waals surface area contributed by atoms with E-state index in [1.54, 1.807) is 0 Å². The van der Waals surface area contributed by atoms with Crippen molar-refractivity contribution < 1.29 is 28.6 Å². The van der Waals surface area contributed by atoms with Crippen molar-refractivity contribution in [2.75, 3.05) is 13.2 Å². The molecule has 0 saturated heterocycles. The van der Waals surface area contributed by atoms with Crippen molar-refractivity contribution in [3.63, 3.8) is 0 Å². The summed E-state index contributed by atoms with van der Waals surface area (Å²) < 4.78 is 17.0. The highest BCUT2D eigenvalue weighted by molar-refractivity contribution is 5.71. The molecule has 0 aliphatic carbocycles. The highest BCUT2D eigenvalue weighted by Crippen LogP contribution is 2.19. The number of rotatable bonds is 64. The molecule has 0 aromatic rings. The van der Waals surface area contributed by atoms with Crippen LogP contribution < -0.4 is 0 Å². The molecule has 0 amide bonds. The van der Waals surface area contributed by atoms with Crippen molar-refractivity contribution in [3.05, 3.63) is 0 Å². The number of unbranched alkanes of at least 4 members (excludes halogenated alkanes) is 53. The van der Waals surface area contributed by atoms with E-state index >= 15 is 0 Å². The zero-order valence-electron chi connectivity index (χ0n) is 50.7. The quantitative estimate of drug-likeness (QED) is 0.0343. The average Bonchev–Trinajstić information content (AvgIpc) is 3.40. The van der Waals surface area contributed by atoms with Gasteiger partial charge in [-0.25, -0.2) is 0 Å². The molecule has 6 heteroatoms. The molecule has 74 heavy (non-hydrogen) atoms. The molecular weight excluding hydrogens is 913 g/mol. The first-order chi connectivity index (χ1) is 36.5. The minimum atomic E-state index is -0.762. The van der Waals surface area contributed by atoms with Crippen LogP contribution in [-0.2, 0) is 28.6 Å². The fourth-order valence-electron chi connectivity index (χ4n) is 10.7. The summed E-state index contributed by atoms with van der Waals surface area (Å²) in [7, 11) is 0. The average molecular weight is 1050 g/mol. The van der Waals surface area contributed by atoms with Gasteiger partial charge in [0, 0.05) is 19.3 Å². The molecule has 440 valence electrons. The van der Waals surface area contributed by atoms with Crippen molar-refractivity contribution in [3.8, 4) is 0 Å². The van der Waals surface area contributed by atoms with Crippen LogP contribution in [0.15, 0.2) is 0 Å². The van der Waals surface area contributed by atoms with Gasteiger partial charge in [-0.1, -0.05) is 361 Å². The lowest BCUT2D eigenvalue weighted by Gasteiger charge is -2.18. The topological polar surface area (TPSA) is 78.9 Å². The molecule has 0 spiro atoms. The lowest BCUT2D eigenvalue weighted by atomic mass is 10.0. The maximum absolute atomic E-state index is 12.9. The molecule has 6 nitrogen and oxygen atoms in total. The maximum Gasteiger partial charge on any atom is 0.306 e. The van der Waals surface area contributed by atoms with Gasteiger partial charge in [-0.15, -0.1) is 0 Å². The zero-order valence-corrected chi connectivity index (χ0v) is 50.7. The van der Waals surface area contributed by atoms with Gasteiger partial charge in [-0.05, 0) is 19.3 Å². The van der Waals surface area contributed by atoms with Crippen molar-refractivity contribution in [1.29, 1.82) is 0 Å². The van der Waals surface area contributed by atoms with Crippen molar-refractivity contribution in [2.45, 2.75) is 406 Å². The Balaban J connectivity index is 4.15. The van der Waals surface area contributed by atoms with Crippen LogP contribution in [0.1, 0.15) is 400 Å².